The predicted molar refractivity (Wildman–Crippen MR) is 76.5 cm³/mol. The van der Waals surface area contributed by atoms with Gasteiger partial charge in [0.05, 0.1) is 6.54 Å². The van der Waals surface area contributed by atoms with Gasteiger partial charge in [-0.05, 0) is 19.4 Å². The molecule has 1 fully saturated rings. The molecular formula is C14H19F3N6. The molecule has 3 rings (SSSR count). The van der Waals surface area contributed by atoms with E-state index in [2.05, 4.69) is 20.1 Å². The third kappa shape index (κ3) is 3.39. The van der Waals surface area contributed by atoms with Crippen molar-refractivity contribution >= 4 is 0 Å². The molecule has 1 atom stereocenters. The number of aryl methyl sites for hydroxylation is 2. The minimum Gasteiger partial charge on any atom is -0.337 e. The van der Waals surface area contributed by atoms with Crippen LogP contribution < -0.4 is 0 Å². The number of alkyl halides is 3. The lowest BCUT2D eigenvalue weighted by atomic mass is 9.97. The Hall–Kier alpha value is -1.90. The fourth-order valence-corrected chi connectivity index (χ4v) is 3.06. The van der Waals surface area contributed by atoms with Gasteiger partial charge in [-0.25, -0.2) is 4.98 Å². The molecule has 3 heterocycles. The van der Waals surface area contributed by atoms with E-state index in [-0.39, 0.29) is 5.92 Å². The molecule has 0 aromatic carbocycles. The van der Waals surface area contributed by atoms with Crippen molar-refractivity contribution in [3.63, 3.8) is 0 Å². The summed E-state index contributed by atoms with van der Waals surface area (Å²) in [4.78, 5) is 6.03. The number of nitrogens with zero attached hydrogens (tertiary/aromatic N) is 6. The van der Waals surface area contributed by atoms with E-state index in [1.165, 1.54) is 4.57 Å². The van der Waals surface area contributed by atoms with Crippen molar-refractivity contribution in [2.45, 2.75) is 31.5 Å². The second-order valence-corrected chi connectivity index (χ2v) is 6.03. The van der Waals surface area contributed by atoms with Crippen LogP contribution >= 0.6 is 0 Å². The third-order valence-electron chi connectivity index (χ3n) is 4.24. The van der Waals surface area contributed by atoms with E-state index in [0.717, 1.165) is 31.4 Å². The Morgan fingerprint density at radius 2 is 2.04 bits per heavy atom. The van der Waals surface area contributed by atoms with Gasteiger partial charge in [0, 0.05) is 32.8 Å². The average molecular weight is 328 g/mol. The number of piperidine rings is 1. The minimum absolute atomic E-state index is 0.00178. The zero-order chi connectivity index (χ0) is 16.6. The summed E-state index contributed by atoms with van der Waals surface area (Å²) >= 11 is 0. The molecule has 1 saturated heterocycles. The summed E-state index contributed by atoms with van der Waals surface area (Å²) in [7, 11) is 3.50. The van der Waals surface area contributed by atoms with Gasteiger partial charge >= 0.3 is 6.18 Å². The lowest BCUT2D eigenvalue weighted by Crippen LogP contribution is -2.35. The summed E-state index contributed by atoms with van der Waals surface area (Å²) in [6.45, 7) is 2.22. The van der Waals surface area contributed by atoms with Crippen LogP contribution in [0.25, 0.3) is 0 Å². The largest absolute Gasteiger partial charge is 0.434 e. The Bertz CT molecular complexity index is 674. The number of rotatable bonds is 3. The summed E-state index contributed by atoms with van der Waals surface area (Å²) in [6.07, 6.45) is 0.0826. The Kier molecular flexibility index (Phi) is 4.13. The fraction of sp³-hybridized carbons (Fsp3) is 0.643. The zero-order valence-corrected chi connectivity index (χ0v) is 13.1. The Morgan fingerprint density at radius 1 is 1.26 bits per heavy atom. The molecule has 0 bridgehead atoms. The van der Waals surface area contributed by atoms with Crippen molar-refractivity contribution in [1.29, 1.82) is 0 Å². The van der Waals surface area contributed by atoms with Gasteiger partial charge in [0.2, 0.25) is 0 Å². The van der Waals surface area contributed by atoms with Crippen LogP contribution in [-0.4, -0.2) is 42.3 Å². The van der Waals surface area contributed by atoms with Gasteiger partial charge in [-0.1, -0.05) is 0 Å². The van der Waals surface area contributed by atoms with E-state index in [1.54, 1.807) is 13.4 Å². The van der Waals surface area contributed by atoms with Gasteiger partial charge in [0.1, 0.15) is 18.0 Å². The lowest BCUT2D eigenvalue weighted by Gasteiger charge is -2.31. The summed E-state index contributed by atoms with van der Waals surface area (Å²) in [5.41, 5.74) is -0.819. The number of imidazole rings is 1. The topological polar surface area (TPSA) is 51.8 Å². The predicted octanol–water partition coefficient (Wildman–Crippen LogP) is 1.95. The van der Waals surface area contributed by atoms with Crippen LogP contribution in [0.2, 0.25) is 0 Å². The molecule has 1 aliphatic heterocycles. The third-order valence-corrected chi connectivity index (χ3v) is 4.24. The Labute approximate surface area is 131 Å². The molecule has 0 spiro atoms. The van der Waals surface area contributed by atoms with E-state index in [1.807, 2.05) is 11.6 Å². The molecule has 9 heteroatoms. The quantitative estimate of drug-likeness (QED) is 0.864. The molecular weight excluding hydrogens is 309 g/mol. The lowest BCUT2D eigenvalue weighted by molar-refractivity contribution is -0.141. The molecule has 2 aromatic rings. The van der Waals surface area contributed by atoms with E-state index in [4.69, 9.17) is 0 Å². The van der Waals surface area contributed by atoms with Gasteiger partial charge in [0.25, 0.3) is 0 Å². The molecule has 0 radical (unpaired) electrons. The highest BCUT2D eigenvalue weighted by Crippen LogP contribution is 2.32. The molecule has 1 aliphatic rings. The van der Waals surface area contributed by atoms with E-state index < -0.39 is 11.9 Å². The molecule has 23 heavy (non-hydrogen) atoms. The first-order chi connectivity index (χ1) is 10.8. The van der Waals surface area contributed by atoms with Crippen LogP contribution in [-0.2, 0) is 26.8 Å². The molecule has 6 nitrogen and oxygen atoms in total. The van der Waals surface area contributed by atoms with Crippen molar-refractivity contribution in [3.8, 4) is 0 Å². The first-order valence-electron chi connectivity index (χ1n) is 7.50. The molecule has 0 aliphatic carbocycles. The number of aromatic nitrogens is 5. The monoisotopic (exact) mass is 328 g/mol. The fourth-order valence-electron chi connectivity index (χ4n) is 3.06. The van der Waals surface area contributed by atoms with E-state index in [0.29, 0.717) is 18.9 Å². The number of hydrogen-bond donors (Lipinski definition) is 0. The maximum absolute atomic E-state index is 12.8. The van der Waals surface area contributed by atoms with Crippen LogP contribution in [0, 0.1) is 0 Å². The van der Waals surface area contributed by atoms with Gasteiger partial charge in [-0.15, -0.1) is 10.2 Å². The van der Waals surface area contributed by atoms with Gasteiger partial charge in [-0.3, -0.25) is 4.90 Å². The Morgan fingerprint density at radius 3 is 2.65 bits per heavy atom. The first kappa shape index (κ1) is 16.0. The van der Waals surface area contributed by atoms with Crippen molar-refractivity contribution in [2.24, 2.45) is 14.1 Å². The minimum atomic E-state index is -4.40. The normalized spacial score (nSPS) is 20.1. The maximum atomic E-state index is 12.8. The smallest absolute Gasteiger partial charge is 0.337 e. The molecule has 0 unspecified atom stereocenters. The molecule has 0 N–H and O–H groups in total. The number of likely N-dealkylation sites (tertiary alicyclic amines) is 1. The van der Waals surface area contributed by atoms with Crippen molar-refractivity contribution < 1.29 is 13.2 Å². The van der Waals surface area contributed by atoms with Crippen LogP contribution in [0.3, 0.4) is 0 Å². The molecule has 2 aromatic heterocycles. The summed E-state index contributed by atoms with van der Waals surface area (Å²) in [5.74, 6) is 1.35. The van der Waals surface area contributed by atoms with Crippen molar-refractivity contribution in [3.05, 3.63) is 29.9 Å². The number of halogens is 3. The molecule has 0 saturated carbocycles. The van der Waals surface area contributed by atoms with Crippen molar-refractivity contribution in [1.82, 2.24) is 29.2 Å². The Balaban J connectivity index is 1.74. The molecule has 0 amide bonds. The van der Waals surface area contributed by atoms with E-state index in [9.17, 15) is 13.2 Å². The summed E-state index contributed by atoms with van der Waals surface area (Å²) < 4.78 is 41.8. The highest BCUT2D eigenvalue weighted by molar-refractivity contribution is 5.12. The maximum Gasteiger partial charge on any atom is 0.434 e. The average Bonchev–Trinajstić information content (AvgIpc) is 3.06. The zero-order valence-electron chi connectivity index (χ0n) is 13.1. The first-order valence-corrected chi connectivity index (χ1v) is 7.50. The highest BCUT2D eigenvalue weighted by Gasteiger charge is 2.36. The van der Waals surface area contributed by atoms with Gasteiger partial charge in [-0.2, -0.15) is 13.2 Å². The van der Waals surface area contributed by atoms with Crippen LogP contribution in [0.4, 0.5) is 13.2 Å². The van der Waals surface area contributed by atoms with Crippen LogP contribution in [0.15, 0.2) is 12.5 Å². The number of hydrogen-bond acceptors (Lipinski definition) is 4. The van der Waals surface area contributed by atoms with E-state index >= 15 is 0 Å². The van der Waals surface area contributed by atoms with Crippen LogP contribution in [0.5, 0.6) is 0 Å². The van der Waals surface area contributed by atoms with Crippen LogP contribution in [0.1, 0.15) is 36.1 Å². The summed E-state index contributed by atoms with van der Waals surface area (Å²) in [6, 6.07) is 0. The SMILES string of the molecule is Cn1cnnc1CN1CCC[C@@H](c2nc(C(F)(F)F)cn2C)C1. The van der Waals surface area contributed by atoms with Gasteiger partial charge < -0.3 is 9.13 Å². The van der Waals surface area contributed by atoms with Gasteiger partial charge in [0.15, 0.2) is 5.69 Å². The molecule has 126 valence electrons. The highest BCUT2D eigenvalue weighted by atomic mass is 19.4. The summed E-state index contributed by atoms with van der Waals surface area (Å²) in [5, 5.41) is 7.92. The second-order valence-electron chi connectivity index (χ2n) is 6.03. The second kappa shape index (κ2) is 5.95. The standard InChI is InChI=1S/C14H19F3N6/c1-21-7-11(14(15,16)17)19-13(21)10-4-3-5-23(6-10)8-12-20-18-9-22(12)2/h7,9-10H,3-6,8H2,1-2H3/t10-/m1/s1. The van der Waals surface area contributed by atoms with Crippen molar-refractivity contribution in [2.75, 3.05) is 13.1 Å².